The van der Waals surface area contributed by atoms with Crippen molar-refractivity contribution in [2.75, 3.05) is 23.7 Å². The van der Waals surface area contributed by atoms with Gasteiger partial charge >= 0.3 is 0 Å². The first-order valence-electron chi connectivity index (χ1n) is 13.1. The summed E-state index contributed by atoms with van der Waals surface area (Å²) in [4.78, 5) is 29.1. The number of carbonyl (C=O) groups excluding carboxylic acids is 2. The molecule has 0 aliphatic heterocycles. The molecule has 0 bridgehead atoms. The van der Waals surface area contributed by atoms with Gasteiger partial charge < -0.3 is 15.0 Å². The van der Waals surface area contributed by atoms with E-state index in [0.717, 1.165) is 16.1 Å². The largest absolute Gasteiger partial charge is 0.492 e. The smallest absolute Gasteiger partial charge is 0.244 e. The molecule has 214 valence electrons. The Morgan fingerprint density at radius 2 is 1.57 bits per heavy atom. The third kappa shape index (κ3) is 8.47. The van der Waals surface area contributed by atoms with E-state index in [0.29, 0.717) is 22.9 Å². The van der Waals surface area contributed by atoms with Crippen LogP contribution in [0.4, 0.5) is 5.69 Å². The number of ether oxygens (including phenoxy) is 1. The van der Waals surface area contributed by atoms with Crippen molar-refractivity contribution in [2.45, 2.75) is 45.8 Å². The number of hydrogen-bond donors (Lipinski definition) is 1. The van der Waals surface area contributed by atoms with Crippen molar-refractivity contribution >= 4 is 39.1 Å². The van der Waals surface area contributed by atoms with Crippen molar-refractivity contribution in [2.24, 2.45) is 0 Å². The number of carbonyl (C=O) groups is 2. The van der Waals surface area contributed by atoms with Gasteiger partial charge in [0.25, 0.3) is 0 Å². The van der Waals surface area contributed by atoms with Crippen LogP contribution in [0.15, 0.2) is 78.9 Å². The predicted octanol–water partition coefficient (Wildman–Crippen LogP) is 4.67. The van der Waals surface area contributed by atoms with Crippen molar-refractivity contribution in [1.82, 2.24) is 10.2 Å². The van der Waals surface area contributed by atoms with Gasteiger partial charge in [0.05, 0.1) is 18.6 Å². The first kappa shape index (κ1) is 31.0. The van der Waals surface area contributed by atoms with Crippen LogP contribution in [-0.2, 0) is 32.6 Å². The molecule has 0 saturated carbocycles. The molecular formula is C30H36ClN3O5S. The molecule has 1 N–H and O–H groups in total. The van der Waals surface area contributed by atoms with Gasteiger partial charge in [0.2, 0.25) is 21.8 Å². The SMILES string of the molecule is CCOc1ccccc1N(CC(=O)N(Cc1ccccc1Cl)[C@@H](Cc1ccccc1)C(=O)NC(C)C)S(C)(=O)=O. The Kier molecular flexibility index (Phi) is 11.0. The highest BCUT2D eigenvalue weighted by atomic mass is 35.5. The minimum absolute atomic E-state index is 0.00618. The van der Waals surface area contributed by atoms with E-state index in [2.05, 4.69) is 5.32 Å². The molecule has 2 amide bonds. The van der Waals surface area contributed by atoms with Crippen LogP contribution in [0.25, 0.3) is 0 Å². The number of para-hydroxylation sites is 2. The molecule has 3 rings (SSSR count). The Hall–Kier alpha value is -3.56. The fourth-order valence-electron chi connectivity index (χ4n) is 4.28. The summed E-state index contributed by atoms with van der Waals surface area (Å²) in [5.41, 5.74) is 1.72. The van der Waals surface area contributed by atoms with Crippen LogP contribution in [-0.4, -0.2) is 56.6 Å². The topological polar surface area (TPSA) is 96.0 Å². The summed E-state index contributed by atoms with van der Waals surface area (Å²) in [5, 5.41) is 3.36. The molecule has 0 spiro atoms. The van der Waals surface area contributed by atoms with Gasteiger partial charge in [-0.3, -0.25) is 13.9 Å². The van der Waals surface area contributed by atoms with E-state index in [1.807, 2.05) is 44.2 Å². The second-order valence-corrected chi connectivity index (χ2v) is 12.0. The molecule has 0 fully saturated rings. The van der Waals surface area contributed by atoms with Crippen LogP contribution >= 0.6 is 11.6 Å². The maximum atomic E-state index is 14.1. The van der Waals surface area contributed by atoms with Gasteiger partial charge in [0.1, 0.15) is 18.3 Å². The maximum absolute atomic E-state index is 14.1. The number of sulfonamides is 1. The van der Waals surface area contributed by atoms with Gasteiger partial charge in [-0.2, -0.15) is 0 Å². The van der Waals surface area contributed by atoms with Crippen molar-refractivity contribution < 1.29 is 22.7 Å². The third-order valence-electron chi connectivity index (χ3n) is 6.11. The van der Waals surface area contributed by atoms with E-state index in [1.54, 1.807) is 55.5 Å². The molecule has 0 saturated heterocycles. The molecule has 8 nitrogen and oxygen atoms in total. The molecule has 0 radical (unpaired) electrons. The number of nitrogens with one attached hydrogen (secondary N) is 1. The van der Waals surface area contributed by atoms with Crippen LogP contribution in [0, 0.1) is 0 Å². The number of anilines is 1. The van der Waals surface area contributed by atoms with Gasteiger partial charge in [-0.25, -0.2) is 8.42 Å². The summed E-state index contributed by atoms with van der Waals surface area (Å²) in [6.07, 6.45) is 1.26. The van der Waals surface area contributed by atoms with Gasteiger partial charge in [-0.15, -0.1) is 0 Å². The molecule has 10 heteroatoms. The highest BCUT2D eigenvalue weighted by molar-refractivity contribution is 7.92. The van der Waals surface area contributed by atoms with Crippen LogP contribution in [0.2, 0.25) is 5.02 Å². The Morgan fingerprint density at radius 1 is 0.950 bits per heavy atom. The number of benzene rings is 3. The molecule has 40 heavy (non-hydrogen) atoms. The quantitative estimate of drug-likeness (QED) is 0.314. The van der Waals surface area contributed by atoms with Gasteiger partial charge in [-0.05, 0) is 50.1 Å². The second kappa shape index (κ2) is 14.2. The fraction of sp³-hybridized carbons (Fsp3) is 0.333. The Balaban J connectivity index is 2.09. The van der Waals surface area contributed by atoms with Crippen LogP contribution in [0.1, 0.15) is 31.9 Å². The van der Waals surface area contributed by atoms with Crippen molar-refractivity contribution in [3.8, 4) is 5.75 Å². The summed E-state index contributed by atoms with van der Waals surface area (Å²) >= 11 is 6.47. The Morgan fingerprint density at radius 3 is 2.20 bits per heavy atom. The molecule has 0 heterocycles. The van der Waals surface area contributed by atoms with Crippen LogP contribution in [0.5, 0.6) is 5.75 Å². The molecule has 0 aliphatic rings. The zero-order valence-corrected chi connectivity index (χ0v) is 24.8. The minimum Gasteiger partial charge on any atom is -0.492 e. The predicted molar refractivity (Wildman–Crippen MR) is 159 cm³/mol. The van der Waals surface area contributed by atoms with E-state index < -0.39 is 28.5 Å². The lowest BCUT2D eigenvalue weighted by molar-refractivity contribution is -0.140. The average Bonchev–Trinajstić information content (AvgIpc) is 2.90. The lowest BCUT2D eigenvalue weighted by Gasteiger charge is -2.34. The van der Waals surface area contributed by atoms with Crippen LogP contribution < -0.4 is 14.4 Å². The maximum Gasteiger partial charge on any atom is 0.244 e. The summed E-state index contributed by atoms with van der Waals surface area (Å²) in [7, 11) is -3.91. The summed E-state index contributed by atoms with van der Waals surface area (Å²) in [6.45, 7) is 5.26. The van der Waals surface area contributed by atoms with Gasteiger partial charge in [0, 0.05) is 24.0 Å². The van der Waals surface area contributed by atoms with Gasteiger partial charge in [-0.1, -0.05) is 72.3 Å². The minimum atomic E-state index is -3.91. The van der Waals surface area contributed by atoms with E-state index in [4.69, 9.17) is 16.3 Å². The molecule has 0 unspecified atom stereocenters. The van der Waals surface area contributed by atoms with Crippen molar-refractivity contribution in [3.05, 3.63) is 95.0 Å². The van der Waals surface area contributed by atoms with E-state index in [9.17, 15) is 18.0 Å². The number of amides is 2. The lowest BCUT2D eigenvalue weighted by atomic mass is 10.0. The molecule has 0 aromatic heterocycles. The zero-order chi connectivity index (χ0) is 29.3. The van der Waals surface area contributed by atoms with E-state index >= 15 is 0 Å². The van der Waals surface area contributed by atoms with Crippen molar-refractivity contribution in [3.63, 3.8) is 0 Å². The van der Waals surface area contributed by atoms with Crippen molar-refractivity contribution in [1.29, 1.82) is 0 Å². The highest BCUT2D eigenvalue weighted by Gasteiger charge is 2.34. The van der Waals surface area contributed by atoms with E-state index in [-0.39, 0.29) is 30.6 Å². The zero-order valence-electron chi connectivity index (χ0n) is 23.2. The average molecular weight is 586 g/mol. The monoisotopic (exact) mass is 585 g/mol. The highest BCUT2D eigenvalue weighted by Crippen LogP contribution is 2.30. The molecule has 1 atom stereocenters. The normalized spacial score (nSPS) is 12.1. The van der Waals surface area contributed by atoms with E-state index in [1.165, 1.54) is 4.90 Å². The Bertz CT molecular complexity index is 1400. The first-order chi connectivity index (χ1) is 19.0. The number of hydrogen-bond acceptors (Lipinski definition) is 5. The first-order valence-corrected chi connectivity index (χ1v) is 15.3. The standard InChI is InChI=1S/C30H36ClN3O5S/c1-5-39-28-18-12-11-17-26(28)34(40(4,37)38)21-29(35)33(20-24-15-9-10-16-25(24)31)27(30(36)32-22(2)3)19-23-13-7-6-8-14-23/h6-18,22,27H,5,19-21H2,1-4H3,(H,32,36)/t27-/m0/s1. The molecular weight excluding hydrogens is 550 g/mol. The summed E-state index contributed by atoms with van der Waals surface area (Å²) in [6, 6.07) is 22.0. The number of nitrogens with zero attached hydrogens (tertiary/aromatic N) is 2. The fourth-order valence-corrected chi connectivity index (χ4v) is 5.33. The van der Waals surface area contributed by atoms with Gasteiger partial charge in [0.15, 0.2) is 0 Å². The molecule has 0 aliphatic carbocycles. The third-order valence-corrected chi connectivity index (χ3v) is 7.61. The lowest BCUT2D eigenvalue weighted by Crippen LogP contribution is -2.54. The van der Waals surface area contributed by atoms with Crippen LogP contribution in [0.3, 0.4) is 0 Å². The summed E-state index contributed by atoms with van der Waals surface area (Å²) in [5.74, 6) is -0.573. The number of halogens is 1. The second-order valence-electron chi connectivity index (χ2n) is 9.65. The summed E-state index contributed by atoms with van der Waals surface area (Å²) < 4.78 is 32.7. The molecule has 3 aromatic carbocycles. The molecule has 3 aromatic rings. The Labute approximate surface area is 241 Å². The number of rotatable bonds is 13.